The van der Waals surface area contributed by atoms with Crippen molar-refractivity contribution in [1.82, 2.24) is 4.90 Å². The van der Waals surface area contributed by atoms with Crippen LogP contribution in [-0.4, -0.2) is 51.1 Å². The van der Waals surface area contributed by atoms with Crippen LogP contribution in [0.4, 0.5) is 15.8 Å². The molecular formula is C26H28FN3O. The minimum absolute atomic E-state index is 0.0765. The van der Waals surface area contributed by atoms with Gasteiger partial charge in [-0.15, -0.1) is 0 Å². The number of hydrogen-bond donors (Lipinski definition) is 0. The molecule has 4 nitrogen and oxygen atoms in total. The monoisotopic (exact) mass is 417 g/mol. The number of nitrogens with zero attached hydrogens (tertiary/aromatic N) is 3. The van der Waals surface area contributed by atoms with Gasteiger partial charge < -0.3 is 14.7 Å². The molecule has 0 N–H and O–H groups in total. The number of hydrogen-bond acceptors (Lipinski definition) is 3. The second kappa shape index (κ2) is 8.90. The van der Waals surface area contributed by atoms with E-state index in [0.717, 1.165) is 29.9 Å². The maximum atomic E-state index is 13.5. The van der Waals surface area contributed by atoms with Crippen LogP contribution in [0.25, 0.3) is 11.1 Å². The molecule has 4 rings (SSSR count). The van der Waals surface area contributed by atoms with Crippen LogP contribution < -0.4 is 9.80 Å². The van der Waals surface area contributed by atoms with E-state index in [4.69, 9.17) is 0 Å². The molecule has 160 valence electrons. The summed E-state index contributed by atoms with van der Waals surface area (Å²) >= 11 is 0. The molecule has 1 saturated heterocycles. The standard InChI is InChI=1S/C26H28FN3O/c1-28(2)25-15-16-30(18-25)24-13-11-23(12-14-24)29(3)26(31)20-9-7-19(8-10-20)21-5-4-6-22(27)17-21/h4-14,17,25H,15-16,18H2,1-3H3. The highest BCUT2D eigenvalue weighted by molar-refractivity contribution is 6.06. The first-order valence-corrected chi connectivity index (χ1v) is 10.6. The molecular weight excluding hydrogens is 389 g/mol. The lowest BCUT2D eigenvalue weighted by Crippen LogP contribution is -2.31. The molecule has 1 aliphatic heterocycles. The molecule has 31 heavy (non-hydrogen) atoms. The Morgan fingerprint density at radius 2 is 1.65 bits per heavy atom. The third-order valence-electron chi connectivity index (χ3n) is 6.09. The summed E-state index contributed by atoms with van der Waals surface area (Å²) in [6.45, 7) is 2.08. The predicted octanol–water partition coefficient (Wildman–Crippen LogP) is 4.91. The van der Waals surface area contributed by atoms with Crippen molar-refractivity contribution in [3.8, 4) is 11.1 Å². The molecule has 5 heteroatoms. The molecule has 1 aliphatic rings. The zero-order valence-electron chi connectivity index (χ0n) is 18.3. The van der Waals surface area contributed by atoms with E-state index in [-0.39, 0.29) is 11.7 Å². The minimum Gasteiger partial charge on any atom is -0.370 e. The predicted molar refractivity (Wildman–Crippen MR) is 125 cm³/mol. The number of carbonyl (C=O) groups excluding carboxylic acids is 1. The normalized spacial score (nSPS) is 16.0. The lowest BCUT2D eigenvalue weighted by molar-refractivity contribution is 0.0993. The van der Waals surface area contributed by atoms with Crippen LogP contribution in [0.3, 0.4) is 0 Å². The zero-order valence-corrected chi connectivity index (χ0v) is 18.3. The number of likely N-dealkylation sites (N-methyl/N-ethyl adjacent to an activating group) is 1. The molecule has 1 atom stereocenters. The molecule has 0 saturated carbocycles. The summed E-state index contributed by atoms with van der Waals surface area (Å²) in [5, 5.41) is 0. The molecule has 1 amide bonds. The van der Waals surface area contributed by atoms with Crippen LogP contribution in [0, 0.1) is 5.82 Å². The van der Waals surface area contributed by atoms with Crippen LogP contribution in [0.5, 0.6) is 0 Å². The first-order valence-electron chi connectivity index (χ1n) is 10.6. The summed E-state index contributed by atoms with van der Waals surface area (Å²) in [5.41, 5.74) is 4.31. The van der Waals surface area contributed by atoms with Crippen molar-refractivity contribution < 1.29 is 9.18 Å². The van der Waals surface area contributed by atoms with Crippen molar-refractivity contribution in [2.24, 2.45) is 0 Å². The van der Waals surface area contributed by atoms with Crippen molar-refractivity contribution >= 4 is 17.3 Å². The van der Waals surface area contributed by atoms with Gasteiger partial charge in [0.05, 0.1) is 0 Å². The first kappa shape index (κ1) is 21.1. The SMILES string of the molecule is CN(C(=O)c1ccc(-c2cccc(F)c2)cc1)c1ccc(N2CCC(N(C)C)C2)cc1. The van der Waals surface area contributed by atoms with Crippen molar-refractivity contribution in [3.63, 3.8) is 0 Å². The summed E-state index contributed by atoms with van der Waals surface area (Å²) in [4.78, 5) is 19.3. The lowest BCUT2D eigenvalue weighted by Gasteiger charge is -2.23. The molecule has 1 unspecified atom stereocenters. The quantitative estimate of drug-likeness (QED) is 0.590. The maximum Gasteiger partial charge on any atom is 0.258 e. The number of benzene rings is 3. The summed E-state index contributed by atoms with van der Waals surface area (Å²) in [6, 6.07) is 22.5. The van der Waals surface area contributed by atoms with Gasteiger partial charge in [0.1, 0.15) is 5.82 Å². The molecule has 0 bridgehead atoms. The average Bonchev–Trinajstić information content (AvgIpc) is 3.29. The molecule has 1 heterocycles. The zero-order chi connectivity index (χ0) is 22.0. The smallest absolute Gasteiger partial charge is 0.258 e. The topological polar surface area (TPSA) is 26.8 Å². The Hall–Kier alpha value is -3.18. The van der Waals surface area contributed by atoms with E-state index in [2.05, 4.69) is 36.0 Å². The van der Waals surface area contributed by atoms with Gasteiger partial charge in [-0.3, -0.25) is 4.79 Å². The second-order valence-electron chi connectivity index (χ2n) is 8.32. The number of halogens is 1. The third-order valence-corrected chi connectivity index (χ3v) is 6.09. The Balaban J connectivity index is 1.44. The van der Waals surface area contributed by atoms with Crippen molar-refractivity contribution in [2.75, 3.05) is 44.0 Å². The van der Waals surface area contributed by atoms with E-state index in [9.17, 15) is 9.18 Å². The molecule has 0 radical (unpaired) electrons. The number of rotatable bonds is 5. The first-order chi connectivity index (χ1) is 14.9. The van der Waals surface area contributed by atoms with Gasteiger partial charge in [0.15, 0.2) is 0 Å². The van der Waals surface area contributed by atoms with Gasteiger partial charge in [-0.2, -0.15) is 0 Å². The van der Waals surface area contributed by atoms with Gasteiger partial charge in [-0.25, -0.2) is 4.39 Å². The molecule has 0 aliphatic carbocycles. The molecule has 1 fully saturated rings. The van der Waals surface area contributed by atoms with E-state index in [1.54, 1.807) is 30.1 Å². The van der Waals surface area contributed by atoms with Crippen LogP contribution in [0.2, 0.25) is 0 Å². The number of carbonyl (C=O) groups is 1. The van der Waals surface area contributed by atoms with E-state index in [0.29, 0.717) is 11.6 Å². The highest BCUT2D eigenvalue weighted by Gasteiger charge is 2.24. The van der Waals surface area contributed by atoms with E-state index in [1.165, 1.54) is 24.2 Å². The fourth-order valence-electron chi connectivity index (χ4n) is 4.07. The largest absolute Gasteiger partial charge is 0.370 e. The van der Waals surface area contributed by atoms with Crippen LogP contribution in [0.15, 0.2) is 72.8 Å². The Bertz CT molecular complexity index is 1050. The second-order valence-corrected chi connectivity index (χ2v) is 8.32. The van der Waals surface area contributed by atoms with Crippen molar-refractivity contribution in [1.29, 1.82) is 0 Å². The highest BCUT2D eigenvalue weighted by Crippen LogP contribution is 2.26. The fraction of sp³-hybridized carbons (Fsp3) is 0.269. The van der Waals surface area contributed by atoms with Gasteiger partial charge in [0, 0.05) is 43.1 Å². The van der Waals surface area contributed by atoms with Crippen LogP contribution in [-0.2, 0) is 0 Å². The van der Waals surface area contributed by atoms with E-state index in [1.807, 2.05) is 30.3 Å². The van der Waals surface area contributed by atoms with Gasteiger partial charge in [0.25, 0.3) is 5.91 Å². The van der Waals surface area contributed by atoms with E-state index < -0.39 is 0 Å². The Morgan fingerprint density at radius 1 is 0.935 bits per heavy atom. The van der Waals surface area contributed by atoms with Gasteiger partial charge in [-0.1, -0.05) is 24.3 Å². The summed E-state index contributed by atoms with van der Waals surface area (Å²) in [6.07, 6.45) is 1.17. The van der Waals surface area contributed by atoms with Crippen LogP contribution in [0.1, 0.15) is 16.8 Å². The van der Waals surface area contributed by atoms with Crippen molar-refractivity contribution in [2.45, 2.75) is 12.5 Å². The minimum atomic E-state index is -0.271. The molecule has 3 aromatic carbocycles. The molecule has 0 aromatic heterocycles. The molecule has 0 spiro atoms. The Morgan fingerprint density at radius 3 is 2.26 bits per heavy atom. The van der Waals surface area contributed by atoms with E-state index >= 15 is 0 Å². The Kier molecular flexibility index (Phi) is 6.05. The lowest BCUT2D eigenvalue weighted by atomic mass is 10.0. The summed E-state index contributed by atoms with van der Waals surface area (Å²) in [5.74, 6) is -0.348. The number of amides is 1. The van der Waals surface area contributed by atoms with Gasteiger partial charge in [-0.05, 0) is 80.2 Å². The Labute approximate surface area is 183 Å². The summed E-state index contributed by atoms with van der Waals surface area (Å²) in [7, 11) is 6.04. The summed E-state index contributed by atoms with van der Waals surface area (Å²) < 4.78 is 13.5. The number of anilines is 2. The van der Waals surface area contributed by atoms with Crippen molar-refractivity contribution in [3.05, 3.63) is 84.2 Å². The van der Waals surface area contributed by atoms with Crippen LogP contribution >= 0.6 is 0 Å². The van der Waals surface area contributed by atoms with Gasteiger partial charge >= 0.3 is 0 Å². The fourth-order valence-corrected chi connectivity index (χ4v) is 4.07. The average molecular weight is 418 g/mol. The van der Waals surface area contributed by atoms with Gasteiger partial charge in [0.2, 0.25) is 0 Å². The highest BCUT2D eigenvalue weighted by atomic mass is 19.1. The maximum absolute atomic E-state index is 13.5. The third kappa shape index (κ3) is 4.62. The molecule has 3 aromatic rings.